The molecule has 0 radical (unpaired) electrons. The third-order valence-corrected chi connectivity index (χ3v) is 5.63. The van der Waals surface area contributed by atoms with Gasteiger partial charge in [-0.2, -0.15) is 0 Å². The molecule has 0 aliphatic carbocycles. The van der Waals surface area contributed by atoms with E-state index in [9.17, 15) is 34.3 Å². The van der Waals surface area contributed by atoms with Gasteiger partial charge in [0.2, 0.25) is 11.8 Å². The van der Waals surface area contributed by atoms with Gasteiger partial charge in [-0.05, 0) is 39.0 Å². The molecule has 1 unspecified atom stereocenters. The molecule has 1 atom stereocenters. The van der Waals surface area contributed by atoms with Gasteiger partial charge >= 0.3 is 47.6 Å². The minimum atomic E-state index is -2.77. The second-order valence-corrected chi connectivity index (χ2v) is 9.43. The van der Waals surface area contributed by atoms with E-state index in [1.54, 1.807) is 6.92 Å². The number of amides is 2. The fourth-order valence-corrected chi connectivity index (χ4v) is 3.69. The molecular weight excluding hydrogens is 600 g/mol. The molecule has 0 bridgehead atoms. The summed E-state index contributed by atoms with van der Waals surface area (Å²) in [6.45, 7) is 5.00. The molecule has 0 spiro atoms. The molecule has 0 saturated heterocycles. The molecule has 2 amide bonds. The fraction of sp³-hybridized carbons (Fsp3) is 0.720. The van der Waals surface area contributed by atoms with Crippen LogP contribution in [-0.4, -0.2) is 82.2 Å². The summed E-state index contributed by atoms with van der Waals surface area (Å²) in [5.74, 6) is -4.01. The molecule has 0 aliphatic rings. The predicted molar refractivity (Wildman–Crippen MR) is 137 cm³/mol. The van der Waals surface area contributed by atoms with Crippen molar-refractivity contribution in [3.63, 3.8) is 0 Å². The van der Waals surface area contributed by atoms with E-state index in [4.69, 9.17) is 10.2 Å². The molecule has 224 valence electrons. The maximum atomic E-state index is 11.9. The zero-order valence-electron chi connectivity index (χ0n) is 22.7. The summed E-state index contributed by atoms with van der Waals surface area (Å²) >= 11 is -2.77. The standard InChI is InChI=1S/C25H43N3O8.2FH.Zr/c1-19(2)24(34)27-16-11-8-6-4-3-5-7-9-14-21(29)26-15-12-10-13-20(25(35)36)28(17-22(30)31)18-23(32)33;;;/h20H,1,3-18H2,2H3,(H,26,29)(H,27,34)(H,30,31)(H,32,33)(H,35,36);2*1H;/q;;;+2/p-2. The van der Waals surface area contributed by atoms with Gasteiger partial charge in [-0.15, -0.1) is 0 Å². The molecule has 0 aliphatic heterocycles. The van der Waals surface area contributed by atoms with E-state index in [0.29, 0.717) is 37.9 Å². The van der Waals surface area contributed by atoms with Gasteiger partial charge in [-0.3, -0.25) is 28.9 Å². The van der Waals surface area contributed by atoms with Gasteiger partial charge in [0, 0.05) is 25.1 Å². The third kappa shape index (κ3) is 25.8. The number of carboxylic acids is 3. The van der Waals surface area contributed by atoms with E-state index in [0.717, 1.165) is 56.3 Å². The Labute approximate surface area is 242 Å². The number of carbonyl (C=O) groups excluding carboxylic acids is 2. The summed E-state index contributed by atoms with van der Waals surface area (Å²) in [4.78, 5) is 57.5. The summed E-state index contributed by atoms with van der Waals surface area (Å²) in [6.07, 6.45) is 9.70. The summed E-state index contributed by atoms with van der Waals surface area (Å²) in [7, 11) is 0. The molecule has 0 aromatic carbocycles. The normalized spacial score (nSPS) is 11.1. The molecule has 0 rings (SSSR count). The summed E-state index contributed by atoms with van der Waals surface area (Å²) in [5, 5.41) is 32.8. The van der Waals surface area contributed by atoms with E-state index in [1.807, 2.05) is 0 Å². The Balaban J connectivity index is 0. The van der Waals surface area contributed by atoms with Gasteiger partial charge in [-0.1, -0.05) is 45.1 Å². The Hall–Kier alpha value is -2.21. The average molecular weight is 643 g/mol. The number of unbranched alkanes of at least 4 members (excludes halogenated alkanes) is 8. The SMILES string of the molecule is C=C(C)C(=O)NCCCCCCCCCCC(=O)NCCCCC(C(=O)O)N(CC(=O)O)CC(=O)O.[F][Zr][F]. The molecule has 0 saturated carbocycles. The molecule has 5 N–H and O–H groups in total. The molecule has 14 heteroatoms. The summed E-state index contributed by atoms with van der Waals surface area (Å²) in [5.41, 5.74) is 0.522. The van der Waals surface area contributed by atoms with Crippen LogP contribution in [0.4, 0.5) is 5.25 Å². The number of hydrogen-bond acceptors (Lipinski definition) is 6. The number of carboxylic acid groups (broad SMARTS) is 3. The maximum absolute atomic E-state index is 11.9. The second kappa shape index (κ2) is 26.0. The Bertz CT molecular complexity index is 743. The Morgan fingerprint density at radius 2 is 1.21 bits per heavy atom. The Morgan fingerprint density at radius 1 is 0.769 bits per heavy atom. The number of halogens is 2. The van der Waals surface area contributed by atoms with Gasteiger partial charge in [0.25, 0.3) is 0 Å². The van der Waals surface area contributed by atoms with Crippen molar-refractivity contribution in [2.24, 2.45) is 0 Å². The molecule has 0 aromatic rings. The van der Waals surface area contributed by atoms with Crippen molar-refractivity contribution in [2.45, 2.75) is 90.0 Å². The van der Waals surface area contributed by atoms with Gasteiger partial charge in [-0.25, -0.2) is 0 Å². The van der Waals surface area contributed by atoms with Crippen molar-refractivity contribution in [3.8, 4) is 0 Å². The van der Waals surface area contributed by atoms with Gasteiger partial charge in [0.1, 0.15) is 6.04 Å². The van der Waals surface area contributed by atoms with Crippen LogP contribution in [0.5, 0.6) is 0 Å². The number of aliphatic carboxylic acids is 3. The monoisotopic (exact) mass is 641 g/mol. The van der Waals surface area contributed by atoms with Crippen LogP contribution in [0.25, 0.3) is 0 Å². The van der Waals surface area contributed by atoms with Crippen molar-refractivity contribution >= 4 is 29.7 Å². The van der Waals surface area contributed by atoms with Crippen LogP contribution in [0, 0.1) is 0 Å². The molecule has 0 fully saturated rings. The first-order valence-electron chi connectivity index (χ1n) is 13.0. The summed E-state index contributed by atoms with van der Waals surface area (Å²) in [6, 6.07) is -1.21. The number of hydrogen-bond donors (Lipinski definition) is 5. The Kier molecular flexibility index (Phi) is 26.0. The van der Waals surface area contributed by atoms with Crippen molar-refractivity contribution < 1.29 is 69.0 Å². The van der Waals surface area contributed by atoms with Gasteiger partial charge < -0.3 is 26.0 Å². The van der Waals surface area contributed by atoms with Crippen LogP contribution in [-0.2, 0) is 48.4 Å². The second-order valence-electron chi connectivity index (χ2n) is 9.08. The van der Waals surface area contributed by atoms with Crippen molar-refractivity contribution in [1.29, 1.82) is 0 Å². The first kappa shape index (κ1) is 38.9. The van der Waals surface area contributed by atoms with E-state index in [-0.39, 0.29) is 18.2 Å². The van der Waals surface area contributed by atoms with Gasteiger partial charge in [0.05, 0.1) is 13.1 Å². The van der Waals surface area contributed by atoms with Crippen LogP contribution in [0.3, 0.4) is 0 Å². The van der Waals surface area contributed by atoms with E-state index in [1.165, 1.54) is 0 Å². The predicted octanol–water partition coefficient (Wildman–Crippen LogP) is 3.24. The molecule has 11 nitrogen and oxygen atoms in total. The number of nitrogens with zero attached hydrogens (tertiary/aromatic N) is 1. The first-order valence-corrected chi connectivity index (χ1v) is 14.9. The molecular formula is C25H43F2N3O8Zr. The number of nitrogens with one attached hydrogen (secondary N) is 2. The first-order chi connectivity index (χ1) is 18.5. The number of rotatable bonds is 23. The van der Waals surface area contributed by atoms with E-state index >= 15 is 0 Å². The van der Waals surface area contributed by atoms with Crippen LogP contribution in [0.2, 0.25) is 0 Å². The average Bonchev–Trinajstić information content (AvgIpc) is 2.83. The summed E-state index contributed by atoms with van der Waals surface area (Å²) < 4.78 is 19.6. The van der Waals surface area contributed by atoms with Crippen molar-refractivity contribution in [2.75, 3.05) is 26.2 Å². The van der Waals surface area contributed by atoms with Gasteiger partial charge in [0.15, 0.2) is 0 Å². The van der Waals surface area contributed by atoms with Crippen molar-refractivity contribution in [1.82, 2.24) is 15.5 Å². The Morgan fingerprint density at radius 3 is 1.67 bits per heavy atom. The zero-order chi connectivity index (χ0) is 30.1. The number of carbonyl (C=O) groups is 5. The topological polar surface area (TPSA) is 173 Å². The van der Waals surface area contributed by atoms with E-state index < -0.39 is 61.5 Å². The van der Waals surface area contributed by atoms with E-state index in [2.05, 4.69) is 17.2 Å². The van der Waals surface area contributed by atoms with Crippen LogP contribution >= 0.6 is 0 Å². The quantitative estimate of drug-likeness (QED) is 0.0828. The zero-order valence-corrected chi connectivity index (χ0v) is 25.1. The third-order valence-electron chi connectivity index (χ3n) is 5.63. The molecule has 0 aromatic heterocycles. The molecule has 0 heterocycles. The fourth-order valence-electron chi connectivity index (χ4n) is 3.69. The van der Waals surface area contributed by atoms with Crippen LogP contribution in [0.15, 0.2) is 12.2 Å². The van der Waals surface area contributed by atoms with Crippen LogP contribution in [0.1, 0.15) is 84.0 Å². The minimum absolute atomic E-state index is 0.0556. The van der Waals surface area contributed by atoms with Crippen molar-refractivity contribution in [3.05, 3.63) is 12.2 Å². The molecule has 39 heavy (non-hydrogen) atoms. The van der Waals surface area contributed by atoms with Crippen LogP contribution < -0.4 is 10.6 Å².